The fourth-order valence-corrected chi connectivity index (χ4v) is 4.03. The predicted molar refractivity (Wildman–Crippen MR) is 133 cm³/mol. The Balaban J connectivity index is 1.68. The van der Waals surface area contributed by atoms with Gasteiger partial charge in [0.25, 0.3) is 5.92 Å². The Morgan fingerprint density at radius 2 is 1.75 bits per heavy atom. The second kappa shape index (κ2) is 10.7. The van der Waals surface area contributed by atoms with Crippen LogP contribution in [0.1, 0.15) is 43.3 Å². The molecule has 1 heterocycles. The lowest BCUT2D eigenvalue weighted by molar-refractivity contribution is -0.115. The van der Waals surface area contributed by atoms with Gasteiger partial charge in [0, 0.05) is 17.3 Å². The number of aliphatic hydroxyl groups is 1. The summed E-state index contributed by atoms with van der Waals surface area (Å²) in [4.78, 5) is 16.8. The quantitative estimate of drug-likeness (QED) is 0.329. The molecule has 0 aliphatic rings. The van der Waals surface area contributed by atoms with Gasteiger partial charge in [0.15, 0.2) is 11.6 Å². The van der Waals surface area contributed by atoms with Crippen LogP contribution in [0.15, 0.2) is 48.5 Å². The molecule has 5 nitrogen and oxygen atoms in total. The maximum Gasteiger partial charge on any atom is 0.298 e. The average molecular weight is 541 g/mol. The lowest BCUT2D eigenvalue weighted by atomic mass is 10.0. The number of hydrogen-bond acceptors (Lipinski definition) is 4. The molecule has 192 valence electrons. The summed E-state index contributed by atoms with van der Waals surface area (Å²) in [5, 5.41) is 12.5. The first-order valence-electron chi connectivity index (χ1n) is 11.0. The number of amides is 1. The molecule has 0 aliphatic heterocycles. The van der Waals surface area contributed by atoms with E-state index in [1.54, 1.807) is 26.8 Å². The number of pyridine rings is 1. The van der Waals surface area contributed by atoms with Crippen molar-refractivity contribution in [3.05, 3.63) is 86.9 Å². The molecule has 1 unspecified atom stereocenters. The first-order valence-corrected chi connectivity index (χ1v) is 11.7. The van der Waals surface area contributed by atoms with Crippen LogP contribution in [0, 0.1) is 12.7 Å². The maximum atomic E-state index is 14.8. The van der Waals surface area contributed by atoms with Crippen LogP contribution in [0.25, 0.3) is 0 Å². The number of nitrogens with zero attached hydrogens (tertiary/aromatic N) is 1. The Labute approximate surface area is 217 Å². The predicted octanol–water partition coefficient (Wildman–Crippen LogP) is 6.80. The minimum absolute atomic E-state index is 0.0712. The lowest BCUT2D eigenvalue weighted by Crippen LogP contribution is -2.28. The van der Waals surface area contributed by atoms with Crippen LogP contribution < -0.4 is 10.1 Å². The van der Waals surface area contributed by atoms with Gasteiger partial charge in [0.2, 0.25) is 5.91 Å². The number of carbonyl (C=O) groups excluding carboxylic acids is 1. The number of halogens is 5. The van der Waals surface area contributed by atoms with Crippen molar-refractivity contribution in [2.45, 2.75) is 51.7 Å². The lowest BCUT2D eigenvalue weighted by Gasteiger charge is -2.27. The van der Waals surface area contributed by atoms with Gasteiger partial charge in [-0.05, 0) is 51.5 Å². The largest absolute Gasteiger partial charge is 0.478 e. The van der Waals surface area contributed by atoms with E-state index < -0.39 is 29.4 Å². The van der Waals surface area contributed by atoms with Crippen LogP contribution in [0.4, 0.5) is 18.9 Å². The molecule has 0 fully saturated rings. The van der Waals surface area contributed by atoms with Gasteiger partial charge >= 0.3 is 0 Å². The van der Waals surface area contributed by atoms with Gasteiger partial charge in [-0.25, -0.2) is 4.39 Å². The molecule has 1 atom stereocenters. The third-order valence-electron chi connectivity index (χ3n) is 5.48. The van der Waals surface area contributed by atoms with Crippen LogP contribution in [0.5, 0.6) is 5.75 Å². The second-order valence-electron chi connectivity index (χ2n) is 8.86. The van der Waals surface area contributed by atoms with E-state index in [1.165, 1.54) is 24.3 Å². The van der Waals surface area contributed by atoms with Crippen LogP contribution in [0.2, 0.25) is 10.0 Å². The van der Waals surface area contributed by atoms with Gasteiger partial charge in [-0.3, -0.25) is 9.78 Å². The fourth-order valence-electron chi connectivity index (χ4n) is 3.44. The zero-order valence-corrected chi connectivity index (χ0v) is 21.5. The second-order valence-corrected chi connectivity index (χ2v) is 9.68. The number of benzene rings is 2. The molecule has 0 aliphatic carbocycles. The number of anilines is 1. The number of rotatable bonds is 8. The van der Waals surface area contributed by atoms with Crippen molar-refractivity contribution in [2.75, 3.05) is 5.32 Å². The van der Waals surface area contributed by atoms with Gasteiger partial charge in [-0.15, -0.1) is 0 Å². The molecular weight excluding hydrogens is 516 g/mol. The Bertz CT molecular complexity index is 1270. The van der Waals surface area contributed by atoms with Crippen LogP contribution in [-0.4, -0.2) is 22.1 Å². The van der Waals surface area contributed by atoms with Crippen molar-refractivity contribution < 1.29 is 27.8 Å². The SMILES string of the molecule is Cc1nc(C(C)(C)Oc2ccc(NC(=O)Cc3ccc(C(F)(F)C(C)O)cc3)cc2F)c(Cl)cc1Cl. The highest BCUT2D eigenvalue weighted by Gasteiger charge is 2.37. The zero-order chi connectivity index (χ0) is 26.8. The van der Waals surface area contributed by atoms with E-state index in [4.69, 9.17) is 27.9 Å². The molecule has 0 saturated heterocycles. The van der Waals surface area contributed by atoms with E-state index in [1.807, 2.05) is 0 Å². The molecule has 2 aromatic carbocycles. The van der Waals surface area contributed by atoms with Crippen molar-refractivity contribution in [3.63, 3.8) is 0 Å². The first kappa shape index (κ1) is 27.8. The number of hydrogen-bond donors (Lipinski definition) is 2. The number of alkyl halides is 2. The van der Waals surface area contributed by atoms with E-state index in [9.17, 15) is 23.1 Å². The number of nitrogens with one attached hydrogen (secondary N) is 1. The number of carbonyl (C=O) groups is 1. The summed E-state index contributed by atoms with van der Waals surface area (Å²) in [7, 11) is 0. The standard InChI is InChI=1S/C26H25Cl2F3N2O3/c1-14-19(27)13-20(28)24(32-14)25(3,4)36-22-10-9-18(12-21(22)29)33-23(35)11-16-5-7-17(8-6-16)26(30,31)15(2)34/h5-10,12-13,15,34H,11H2,1-4H3,(H,33,35). The summed E-state index contributed by atoms with van der Waals surface area (Å²) in [5.41, 5.74) is 0.167. The highest BCUT2D eigenvalue weighted by molar-refractivity contribution is 6.35. The van der Waals surface area contributed by atoms with Crippen molar-refractivity contribution in [1.29, 1.82) is 0 Å². The summed E-state index contributed by atoms with van der Waals surface area (Å²) in [5.74, 6) is -4.65. The minimum atomic E-state index is -3.40. The summed E-state index contributed by atoms with van der Waals surface area (Å²) in [6.45, 7) is 6.09. The number of aromatic nitrogens is 1. The summed E-state index contributed by atoms with van der Waals surface area (Å²) in [6.07, 6.45) is -1.96. The normalized spacial score (nSPS) is 12.8. The Hall–Kier alpha value is -2.81. The maximum absolute atomic E-state index is 14.8. The average Bonchev–Trinajstić information content (AvgIpc) is 2.78. The monoisotopic (exact) mass is 540 g/mol. The number of aliphatic hydroxyl groups excluding tert-OH is 1. The first-order chi connectivity index (χ1) is 16.7. The smallest absolute Gasteiger partial charge is 0.298 e. The van der Waals surface area contributed by atoms with Gasteiger partial charge in [0.1, 0.15) is 17.4 Å². The molecule has 3 rings (SSSR count). The molecule has 0 bridgehead atoms. The molecule has 2 N–H and O–H groups in total. The fraction of sp³-hybridized carbons (Fsp3) is 0.308. The molecule has 0 saturated carbocycles. The van der Waals surface area contributed by atoms with E-state index in [0.29, 0.717) is 22.0 Å². The van der Waals surface area contributed by atoms with Crippen molar-refractivity contribution in [3.8, 4) is 5.75 Å². The van der Waals surface area contributed by atoms with E-state index >= 15 is 0 Å². The summed E-state index contributed by atoms with van der Waals surface area (Å²) < 4.78 is 48.4. The molecular formula is C26H25Cl2F3N2O3. The summed E-state index contributed by atoms with van der Waals surface area (Å²) in [6, 6.07) is 10.6. The van der Waals surface area contributed by atoms with E-state index in [0.717, 1.165) is 25.1 Å². The van der Waals surface area contributed by atoms with Gasteiger partial charge < -0.3 is 15.2 Å². The molecule has 36 heavy (non-hydrogen) atoms. The third kappa shape index (κ3) is 6.30. The van der Waals surface area contributed by atoms with E-state index in [-0.39, 0.29) is 28.4 Å². The highest BCUT2D eigenvalue weighted by Crippen LogP contribution is 2.35. The topological polar surface area (TPSA) is 71.5 Å². The Morgan fingerprint density at radius 3 is 2.33 bits per heavy atom. The van der Waals surface area contributed by atoms with Gasteiger partial charge in [-0.2, -0.15) is 8.78 Å². The molecule has 0 spiro atoms. The minimum Gasteiger partial charge on any atom is -0.478 e. The van der Waals surface area contributed by atoms with Crippen molar-refractivity contribution in [2.24, 2.45) is 0 Å². The zero-order valence-electron chi connectivity index (χ0n) is 20.0. The van der Waals surface area contributed by atoms with Crippen LogP contribution >= 0.6 is 23.2 Å². The van der Waals surface area contributed by atoms with Gasteiger partial charge in [-0.1, -0.05) is 47.5 Å². The molecule has 10 heteroatoms. The van der Waals surface area contributed by atoms with Crippen LogP contribution in [-0.2, 0) is 22.7 Å². The Morgan fingerprint density at radius 1 is 1.11 bits per heavy atom. The van der Waals surface area contributed by atoms with Gasteiger partial charge in [0.05, 0.1) is 22.2 Å². The molecule has 1 amide bonds. The molecule has 1 aromatic heterocycles. The van der Waals surface area contributed by atoms with Crippen LogP contribution in [0.3, 0.4) is 0 Å². The third-order valence-corrected chi connectivity index (χ3v) is 6.15. The highest BCUT2D eigenvalue weighted by atomic mass is 35.5. The number of aryl methyl sites for hydroxylation is 1. The number of ether oxygens (including phenoxy) is 1. The van der Waals surface area contributed by atoms with E-state index in [2.05, 4.69) is 10.3 Å². The Kier molecular flexibility index (Phi) is 8.23. The van der Waals surface area contributed by atoms with Crippen molar-refractivity contribution in [1.82, 2.24) is 4.98 Å². The molecule has 0 radical (unpaired) electrons. The summed E-state index contributed by atoms with van der Waals surface area (Å²) >= 11 is 12.3. The molecule has 3 aromatic rings. The van der Waals surface area contributed by atoms with Crippen molar-refractivity contribution >= 4 is 34.8 Å².